The summed E-state index contributed by atoms with van der Waals surface area (Å²) in [6.45, 7) is 5.08. The first kappa shape index (κ1) is 13.1. The Morgan fingerprint density at radius 3 is 2.90 bits per heavy atom. The molecule has 0 saturated heterocycles. The van der Waals surface area contributed by atoms with E-state index in [-0.39, 0.29) is 12.1 Å². The molecule has 2 heterocycles. The van der Waals surface area contributed by atoms with Gasteiger partial charge in [-0.05, 0) is 31.0 Å². The number of hydrogen-bond acceptors (Lipinski definition) is 4. The van der Waals surface area contributed by atoms with Gasteiger partial charge in [-0.25, -0.2) is 0 Å². The van der Waals surface area contributed by atoms with Crippen molar-refractivity contribution in [2.24, 2.45) is 7.05 Å². The van der Waals surface area contributed by atoms with E-state index < -0.39 is 0 Å². The van der Waals surface area contributed by atoms with Gasteiger partial charge in [0.25, 0.3) is 0 Å². The Morgan fingerprint density at radius 1 is 1.30 bits per heavy atom. The Kier molecular flexibility index (Phi) is 3.44. The van der Waals surface area contributed by atoms with Gasteiger partial charge in [-0.15, -0.1) is 10.2 Å². The molecule has 0 spiro atoms. The minimum absolute atomic E-state index is 0.155. The SMILES string of the molecule is CC(NC(C)c1nncn1C)c1ccc2c(c1)CCO2. The standard InChI is InChI=1S/C15H20N4O/c1-10(17-11(2)15-18-16-9-19(15)3)12-4-5-14-13(8-12)6-7-20-14/h4-5,8-11,17H,6-7H2,1-3H3. The number of nitrogens with zero attached hydrogens (tertiary/aromatic N) is 3. The molecule has 0 saturated carbocycles. The molecule has 2 aromatic rings. The van der Waals surface area contributed by atoms with E-state index in [9.17, 15) is 0 Å². The van der Waals surface area contributed by atoms with Gasteiger partial charge in [0, 0.05) is 19.5 Å². The van der Waals surface area contributed by atoms with Gasteiger partial charge in [-0.3, -0.25) is 0 Å². The lowest BCUT2D eigenvalue weighted by Gasteiger charge is -2.20. The van der Waals surface area contributed by atoms with E-state index in [0.29, 0.717) is 0 Å². The van der Waals surface area contributed by atoms with Crippen molar-refractivity contribution in [3.8, 4) is 5.75 Å². The van der Waals surface area contributed by atoms with Crippen molar-refractivity contribution in [1.82, 2.24) is 20.1 Å². The summed E-state index contributed by atoms with van der Waals surface area (Å²) in [5.41, 5.74) is 2.59. The summed E-state index contributed by atoms with van der Waals surface area (Å²) in [5, 5.41) is 11.6. The van der Waals surface area contributed by atoms with Crippen LogP contribution in [0.5, 0.6) is 5.75 Å². The molecule has 1 aromatic heterocycles. The minimum atomic E-state index is 0.155. The first-order chi connectivity index (χ1) is 9.65. The fraction of sp³-hybridized carbons (Fsp3) is 0.467. The van der Waals surface area contributed by atoms with Crippen molar-refractivity contribution in [3.63, 3.8) is 0 Å². The number of hydrogen-bond donors (Lipinski definition) is 1. The maximum absolute atomic E-state index is 5.55. The molecule has 0 radical (unpaired) electrons. The van der Waals surface area contributed by atoms with Gasteiger partial charge in [-0.2, -0.15) is 0 Å². The van der Waals surface area contributed by atoms with Gasteiger partial charge < -0.3 is 14.6 Å². The maximum atomic E-state index is 5.55. The van der Waals surface area contributed by atoms with Crippen LogP contribution in [0.1, 0.15) is 42.9 Å². The lowest BCUT2D eigenvalue weighted by atomic mass is 10.0. The molecule has 1 aliphatic heterocycles. The fourth-order valence-electron chi connectivity index (χ4n) is 2.71. The molecular formula is C15H20N4O. The van der Waals surface area contributed by atoms with Gasteiger partial charge >= 0.3 is 0 Å². The van der Waals surface area contributed by atoms with Crippen LogP contribution in [0.3, 0.4) is 0 Å². The molecule has 0 fully saturated rings. The summed E-state index contributed by atoms with van der Waals surface area (Å²) in [6.07, 6.45) is 2.74. The van der Waals surface area contributed by atoms with Gasteiger partial charge in [0.05, 0.1) is 12.6 Å². The predicted molar refractivity (Wildman–Crippen MR) is 76.6 cm³/mol. The number of nitrogens with one attached hydrogen (secondary N) is 1. The smallest absolute Gasteiger partial charge is 0.149 e. The van der Waals surface area contributed by atoms with Crippen LogP contribution in [0, 0.1) is 0 Å². The first-order valence-corrected chi connectivity index (χ1v) is 7.00. The number of fused-ring (bicyclic) bond motifs is 1. The highest BCUT2D eigenvalue weighted by Crippen LogP contribution is 2.28. The van der Waals surface area contributed by atoms with E-state index in [0.717, 1.165) is 24.6 Å². The van der Waals surface area contributed by atoms with Crippen LogP contribution in [0.25, 0.3) is 0 Å². The van der Waals surface area contributed by atoms with Crippen molar-refractivity contribution < 1.29 is 4.74 Å². The van der Waals surface area contributed by atoms with E-state index in [2.05, 4.69) is 47.6 Å². The first-order valence-electron chi connectivity index (χ1n) is 7.00. The molecule has 2 atom stereocenters. The van der Waals surface area contributed by atoms with Crippen molar-refractivity contribution in [1.29, 1.82) is 0 Å². The van der Waals surface area contributed by atoms with Gasteiger partial charge in [0.2, 0.25) is 0 Å². The third kappa shape index (κ3) is 2.41. The van der Waals surface area contributed by atoms with Crippen LogP contribution < -0.4 is 10.1 Å². The van der Waals surface area contributed by atoms with Crippen LogP contribution in [0.15, 0.2) is 24.5 Å². The van der Waals surface area contributed by atoms with Crippen LogP contribution in [-0.2, 0) is 13.5 Å². The lowest BCUT2D eigenvalue weighted by molar-refractivity contribution is 0.356. The number of rotatable bonds is 4. The Morgan fingerprint density at radius 2 is 2.15 bits per heavy atom. The average molecular weight is 272 g/mol. The summed E-state index contributed by atoms with van der Waals surface area (Å²) in [5.74, 6) is 1.98. The van der Waals surface area contributed by atoms with E-state index in [1.807, 2.05) is 11.6 Å². The fourth-order valence-corrected chi connectivity index (χ4v) is 2.71. The maximum Gasteiger partial charge on any atom is 0.149 e. The van der Waals surface area contributed by atoms with Crippen LogP contribution in [0.2, 0.25) is 0 Å². The normalized spacial score (nSPS) is 16.6. The average Bonchev–Trinajstić information content (AvgIpc) is 3.05. The summed E-state index contributed by atoms with van der Waals surface area (Å²) in [4.78, 5) is 0. The molecule has 0 amide bonds. The molecule has 0 aliphatic carbocycles. The number of aromatic nitrogens is 3. The largest absolute Gasteiger partial charge is 0.493 e. The Labute approximate surface area is 119 Å². The van der Waals surface area contributed by atoms with Crippen LogP contribution in [0.4, 0.5) is 0 Å². The predicted octanol–water partition coefficient (Wildman–Crippen LogP) is 2.16. The van der Waals surface area contributed by atoms with E-state index in [1.165, 1.54) is 11.1 Å². The summed E-state index contributed by atoms with van der Waals surface area (Å²) < 4.78 is 7.49. The monoisotopic (exact) mass is 272 g/mol. The zero-order valence-electron chi connectivity index (χ0n) is 12.1. The lowest BCUT2D eigenvalue weighted by Crippen LogP contribution is -2.24. The molecule has 2 unspecified atom stereocenters. The second-order valence-electron chi connectivity index (χ2n) is 5.38. The summed E-state index contributed by atoms with van der Waals surface area (Å²) >= 11 is 0. The number of benzene rings is 1. The van der Waals surface area contributed by atoms with Gasteiger partial charge in [-0.1, -0.05) is 12.1 Å². The molecule has 1 aromatic carbocycles. The summed E-state index contributed by atoms with van der Waals surface area (Å²) in [6, 6.07) is 6.85. The van der Waals surface area contributed by atoms with E-state index >= 15 is 0 Å². The summed E-state index contributed by atoms with van der Waals surface area (Å²) in [7, 11) is 1.96. The number of aryl methyl sites for hydroxylation is 1. The Balaban J connectivity index is 1.73. The Bertz CT molecular complexity index is 608. The van der Waals surface area contributed by atoms with Gasteiger partial charge in [0.1, 0.15) is 17.9 Å². The molecular weight excluding hydrogens is 252 g/mol. The highest BCUT2D eigenvalue weighted by atomic mass is 16.5. The van der Waals surface area contributed by atoms with E-state index in [1.54, 1.807) is 6.33 Å². The molecule has 3 rings (SSSR count). The molecule has 5 heteroatoms. The van der Waals surface area contributed by atoms with Crippen molar-refractivity contribution in [2.45, 2.75) is 32.4 Å². The second kappa shape index (κ2) is 5.25. The topological polar surface area (TPSA) is 52.0 Å². The zero-order chi connectivity index (χ0) is 14.1. The highest BCUT2D eigenvalue weighted by molar-refractivity contribution is 5.40. The van der Waals surface area contributed by atoms with Crippen LogP contribution >= 0.6 is 0 Å². The van der Waals surface area contributed by atoms with E-state index in [4.69, 9.17) is 4.74 Å². The van der Waals surface area contributed by atoms with Crippen molar-refractivity contribution in [2.75, 3.05) is 6.61 Å². The molecule has 106 valence electrons. The highest BCUT2D eigenvalue weighted by Gasteiger charge is 2.17. The second-order valence-corrected chi connectivity index (χ2v) is 5.38. The molecule has 0 bridgehead atoms. The molecule has 1 N–H and O–H groups in total. The van der Waals surface area contributed by atoms with Crippen molar-refractivity contribution in [3.05, 3.63) is 41.5 Å². The Hall–Kier alpha value is -1.88. The third-order valence-corrected chi connectivity index (χ3v) is 3.85. The van der Waals surface area contributed by atoms with Gasteiger partial charge in [0.15, 0.2) is 0 Å². The molecule has 5 nitrogen and oxygen atoms in total. The zero-order valence-corrected chi connectivity index (χ0v) is 12.1. The number of ether oxygens (including phenoxy) is 1. The van der Waals surface area contributed by atoms with Crippen molar-refractivity contribution >= 4 is 0 Å². The minimum Gasteiger partial charge on any atom is -0.493 e. The molecule has 20 heavy (non-hydrogen) atoms. The quantitative estimate of drug-likeness (QED) is 0.926. The molecule has 1 aliphatic rings. The third-order valence-electron chi connectivity index (χ3n) is 3.85. The van der Waals surface area contributed by atoms with Crippen LogP contribution in [-0.4, -0.2) is 21.4 Å².